The zero-order valence-electron chi connectivity index (χ0n) is 15.7. The monoisotopic (exact) mass is 454 g/mol. The van der Waals surface area contributed by atoms with E-state index >= 15 is 0 Å². The average Bonchev–Trinajstić information content (AvgIpc) is 3.17. The van der Waals surface area contributed by atoms with Gasteiger partial charge in [0.2, 0.25) is 5.91 Å². The van der Waals surface area contributed by atoms with Gasteiger partial charge in [-0.2, -0.15) is 0 Å². The predicted octanol–water partition coefficient (Wildman–Crippen LogP) is 2.51. The van der Waals surface area contributed by atoms with Crippen LogP contribution >= 0.6 is 15.9 Å². The van der Waals surface area contributed by atoms with E-state index in [1.54, 1.807) is 24.3 Å². The number of aromatic nitrogens is 1. The standard InChI is InChI=1S/C21H19BrN4O3/c1-11-6-7-16(22)24-17(11)25-18(27)14-8-21(9-15(21)23-14)10-26-19(28)12-4-2-3-5-13(12)20(26)29/h2-7,14-15,23H,8-10H2,1H3,(H,24,25,27)/t14-,15?,21-/m0/s1. The van der Waals surface area contributed by atoms with Crippen molar-refractivity contribution in [2.75, 3.05) is 11.9 Å². The molecular weight excluding hydrogens is 436 g/mol. The number of halogens is 1. The summed E-state index contributed by atoms with van der Waals surface area (Å²) in [7, 11) is 0. The van der Waals surface area contributed by atoms with Crippen molar-refractivity contribution in [1.82, 2.24) is 15.2 Å². The highest BCUT2D eigenvalue weighted by Gasteiger charge is 2.63. The molecular formula is C21H19BrN4O3. The van der Waals surface area contributed by atoms with Crippen molar-refractivity contribution < 1.29 is 14.4 Å². The molecule has 1 aromatic carbocycles. The van der Waals surface area contributed by atoms with Crippen molar-refractivity contribution in [3.8, 4) is 0 Å². The molecule has 148 valence electrons. The van der Waals surface area contributed by atoms with Gasteiger partial charge in [0.25, 0.3) is 11.8 Å². The van der Waals surface area contributed by atoms with E-state index in [0.717, 1.165) is 12.0 Å². The van der Waals surface area contributed by atoms with Gasteiger partial charge in [0.05, 0.1) is 17.2 Å². The van der Waals surface area contributed by atoms with Gasteiger partial charge in [0.1, 0.15) is 10.4 Å². The molecule has 5 rings (SSSR count). The minimum atomic E-state index is -0.371. The summed E-state index contributed by atoms with van der Waals surface area (Å²) in [5.74, 6) is -0.103. The van der Waals surface area contributed by atoms with Crippen LogP contribution in [0, 0.1) is 12.3 Å². The van der Waals surface area contributed by atoms with E-state index in [0.29, 0.717) is 34.5 Å². The van der Waals surface area contributed by atoms with Gasteiger partial charge in [0.15, 0.2) is 0 Å². The Morgan fingerprint density at radius 2 is 1.90 bits per heavy atom. The van der Waals surface area contributed by atoms with Gasteiger partial charge in [-0.15, -0.1) is 0 Å². The molecule has 0 spiro atoms. The van der Waals surface area contributed by atoms with Crippen LogP contribution in [-0.4, -0.2) is 46.2 Å². The van der Waals surface area contributed by atoms with E-state index in [9.17, 15) is 14.4 Å². The molecule has 1 aromatic heterocycles. The number of nitrogens with zero attached hydrogens (tertiary/aromatic N) is 2. The van der Waals surface area contributed by atoms with Crippen molar-refractivity contribution in [3.05, 3.63) is 57.7 Å². The lowest BCUT2D eigenvalue weighted by Crippen LogP contribution is -2.39. The van der Waals surface area contributed by atoms with Gasteiger partial charge in [0, 0.05) is 18.0 Å². The average molecular weight is 455 g/mol. The number of hydrogen-bond donors (Lipinski definition) is 2. The molecule has 3 amide bonds. The Bertz CT molecular complexity index is 1040. The number of benzene rings is 1. The summed E-state index contributed by atoms with van der Waals surface area (Å²) in [6.07, 6.45) is 1.45. The molecule has 8 heteroatoms. The van der Waals surface area contributed by atoms with Gasteiger partial charge in [-0.3, -0.25) is 19.3 Å². The number of nitrogens with one attached hydrogen (secondary N) is 2. The van der Waals surface area contributed by atoms with Gasteiger partial charge in [-0.1, -0.05) is 18.2 Å². The molecule has 2 aliphatic heterocycles. The first-order chi connectivity index (χ1) is 13.9. The Hall–Kier alpha value is -2.58. The first kappa shape index (κ1) is 18.4. The molecule has 2 aromatic rings. The fraction of sp³-hybridized carbons (Fsp3) is 0.333. The maximum atomic E-state index is 12.8. The van der Waals surface area contributed by atoms with E-state index in [1.165, 1.54) is 4.90 Å². The number of amides is 3. The summed E-state index contributed by atoms with van der Waals surface area (Å²) in [5, 5.41) is 6.23. The van der Waals surface area contributed by atoms with Crippen LogP contribution in [0.3, 0.4) is 0 Å². The molecule has 2 fully saturated rings. The lowest BCUT2D eigenvalue weighted by atomic mass is 9.98. The lowest BCUT2D eigenvalue weighted by Gasteiger charge is -2.21. The van der Waals surface area contributed by atoms with Gasteiger partial charge >= 0.3 is 0 Å². The van der Waals surface area contributed by atoms with E-state index in [1.807, 2.05) is 19.1 Å². The molecule has 29 heavy (non-hydrogen) atoms. The molecule has 0 bridgehead atoms. The van der Waals surface area contributed by atoms with E-state index in [4.69, 9.17) is 0 Å². The van der Waals surface area contributed by atoms with Crippen molar-refractivity contribution in [2.24, 2.45) is 5.41 Å². The number of hydrogen-bond acceptors (Lipinski definition) is 5. The van der Waals surface area contributed by atoms with E-state index < -0.39 is 0 Å². The molecule has 2 N–H and O–H groups in total. The minimum Gasteiger partial charge on any atom is -0.309 e. The summed E-state index contributed by atoms with van der Waals surface area (Å²) in [5.41, 5.74) is 1.57. The summed E-state index contributed by atoms with van der Waals surface area (Å²) in [4.78, 5) is 43.8. The van der Waals surface area contributed by atoms with Crippen LogP contribution in [0.5, 0.6) is 0 Å². The third-order valence-corrected chi connectivity index (χ3v) is 6.62. The van der Waals surface area contributed by atoms with Crippen LogP contribution < -0.4 is 10.6 Å². The summed E-state index contributed by atoms with van der Waals surface area (Å²) in [6, 6.07) is 10.4. The maximum absolute atomic E-state index is 12.8. The molecule has 1 unspecified atom stereocenters. The Kier molecular flexibility index (Phi) is 4.11. The minimum absolute atomic E-state index is 0.138. The van der Waals surface area contributed by atoms with E-state index in [2.05, 4.69) is 31.5 Å². The van der Waals surface area contributed by atoms with E-state index in [-0.39, 0.29) is 35.2 Å². The molecule has 3 heterocycles. The zero-order valence-corrected chi connectivity index (χ0v) is 17.3. The van der Waals surface area contributed by atoms with Crippen molar-refractivity contribution in [3.63, 3.8) is 0 Å². The first-order valence-electron chi connectivity index (χ1n) is 9.53. The number of aryl methyl sites for hydroxylation is 1. The second-order valence-corrected chi connectivity index (χ2v) is 8.89. The third kappa shape index (κ3) is 2.98. The largest absolute Gasteiger partial charge is 0.309 e. The number of carbonyl (C=O) groups is 3. The predicted molar refractivity (Wildman–Crippen MR) is 109 cm³/mol. The second-order valence-electron chi connectivity index (χ2n) is 8.07. The Balaban J connectivity index is 1.28. The summed E-state index contributed by atoms with van der Waals surface area (Å²) < 4.78 is 0.655. The number of imide groups is 1. The number of fused-ring (bicyclic) bond motifs is 2. The Morgan fingerprint density at radius 1 is 1.21 bits per heavy atom. The molecule has 0 radical (unpaired) electrons. The normalized spacial score (nSPS) is 27.0. The second kappa shape index (κ2) is 6.47. The van der Waals surface area contributed by atoms with Crippen LogP contribution in [0.25, 0.3) is 0 Å². The van der Waals surface area contributed by atoms with Gasteiger partial charge < -0.3 is 10.6 Å². The van der Waals surface area contributed by atoms with Crippen LogP contribution in [0.1, 0.15) is 39.1 Å². The highest BCUT2D eigenvalue weighted by atomic mass is 79.9. The lowest BCUT2D eigenvalue weighted by molar-refractivity contribution is -0.118. The Labute approximate surface area is 176 Å². The maximum Gasteiger partial charge on any atom is 0.261 e. The topological polar surface area (TPSA) is 91.4 Å². The highest BCUT2D eigenvalue weighted by molar-refractivity contribution is 9.10. The number of anilines is 1. The smallest absolute Gasteiger partial charge is 0.261 e. The molecule has 3 atom stereocenters. The van der Waals surface area contributed by atoms with Crippen LogP contribution in [0.15, 0.2) is 41.0 Å². The van der Waals surface area contributed by atoms with Crippen molar-refractivity contribution >= 4 is 39.5 Å². The molecule has 1 aliphatic carbocycles. The number of carbonyl (C=O) groups excluding carboxylic acids is 3. The number of pyridine rings is 1. The SMILES string of the molecule is Cc1ccc(Br)nc1NC(=O)[C@@H]1C[C@@]2(CN3C(=O)c4ccccc4C3=O)CC2N1. The van der Waals surface area contributed by atoms with Crippen molar-refractivity contribution in [1.29, 1.82) is 0 Å². The zero-order chi connectivity index (χ0) is 20.3. The Morgan fingerprint density at radius 3 is 2.59 bits per heavy atom. The molecule has 1 saturated carbocycles. The number of piperidine rings is 1. The van der Waals surface area contributed by atoms with Crippen LogP contribution in [-0.2, 0) is 4.79 Å². The van der Waals surface area contributed by atoms with Crippen LogP contribution in [0.2, 0.25) is 0 Å². The molecule has 7 nitrogen and oxygen atoms in total. The fourth-order valence-corrected chi connectivity index (χ4v) is 4.77. The fourth-order valence-electron chi connectivity index (χ4n) is 4.46. The van der Waals surface area contributed by atoms with Crippen molar-refractivity contribution in [2.45, 2.75) is 31.8 Å². The summed E-state index contributed by atoms with van der Waals surface area (Å²) >= 11 is 3.32. The quantitative estimate of drug-likeness (QED) is 0.546. The van der Waals surface area contributed by atoms with Gasteiger partial charge in [-0.05, 0) is 59.5 Å². The van der Waals surface area contributed by atoms with Crippen LogP contribution in [0.4, 0.5) is 5.82 Å². The number of rotatable bonds is 4. The molecule has 1 saturated heterocycles. The third-order valence-electron chi connectivity index (χ3n) is 6.18. The first-order valence-corrected chi connectivity index (χ1v) is 10.3. The van der Waals surface area contributed by atoms with Gasteiger partial charge in [-0.25, -0.2) is 4.98 Å². The highest BCUT2D eigenvalue weighted by Crippen LogP contribution is 2.55. The summed E-state index contributed by atoms with van der Waals surface area (Å²) in [6.45, 7) is 2.23. The molecule has 3 aliphatic rings.